The molecule has 0 heterocycles. The van der Waals surface area contributed by atoms with E-state index in [0.717, 1.165) is 15.4 Å². The molecule has 1 atom stereocenters. The fourth-order valence-electron chi connectivity index (χ4n) is 1.20. The molecule has 0 aliphatic heterocycles. The molecule has 0 aliphatic carbocycles. The summed E-state index contributed by atoms with van der Waals surface area (Å²) in [6.07, 6.45) is 0.779. The molecule has 0 saturated carbocycles. The van der Waals surface area contributed by atoms with Crippen LogP contribution in [0.2, 0.25) is 0 Å². The largest absolute Gasteiger partial charge is 0.352 e. The summed E-state index contributed by atoms with van der Waals surface area (Å²) in [6.45, 7) is 2.52. The molecular weight excluding hydrogens is 336 g/mol. The number of carbonyl (C=O) groups is 1. The average Bonchev–Trinajstić information content (AvgIpc) is 2.15. The van der Waals surface area contributed by atoms with Gasteiger partial charge in [0.05, 0.1) is 0 Å². The molecule has 1 aromatic rings. The van der Waals surface area contributed by atoms with Gasteiger partial charge in [0, 0.05) is 27.1 Å². The molecule has 0 radical (unpaired) electrons. The Hall–Kier alpha value is -0.390. The number of nitrogens with two attached hydrogens (primary N) is 1. The van der Waals surface area contributed by atoms with Crippen LogP contribution in [0.5, 0.6) is 0 Å². The van der Waals surface area contributed by atoms with E-state index in [2.05, 4.69) is 37.2 Å². The molecule has 0 saturated heterocycles. The topological polar surface area (TPSA) is 55.1 Å². The van der Waals surface area contributed by atoms with Gasteiger partial charge < -0.3 is 11.1 Å². The Labute approximate surface area is 112 Å². The third-order valence-electron chi connectivity index (χ3n) is 2.01. The van der Waals surface area contributed by atoms with Gasteiger partial charge in [0.25, 0.3) is 5.91 Å². The maximum atomic E-state index is 11.7. The fourth-order valence-corrected chi connectivity index (χ4v) is 2.49. The normalized spacial score (nSPS) is 12.2. The number of nitrogens with one attached hydrogen (secondary N) is 1. The van der Waals surface area contributed by atoms with Gasteiger partial charge in [-0.1, -0.05) is 31.9 Å². The van der Waals surface area contributed by atoms with Gasteiger partial charge in [0.2, 0.25) is 0 Å². The minimum Gasteiger partial charge on any atom is -0.352 e. The minimum absolute atomic E-state index is 0.0809. The summed E-state index contributed by atoms with van der Waals surface area (Å²) in [5.41, 5.74) is 6.23. The summed E-state index contributed by atoms with van der Waals surface area (Å²) in [5.74, 6) is -0.0809. The van der Waals surface area contributed by atoms with Crippen molar-refractivity contribution in [3.8, 4) is 0 Å². The highest BCUT2D eigenvalue weighted by molar-refractivity contribution is 9.11. The first kappa shape index (κ1) is 13.7. The molecule has 3 N–H and O–H groups in total. The van der Waals surface area contributed by atoms with Gasteiger partial charge in [-0.15, -0.1) is 0 Å². The molecule has 0 aliphatic rings. The Morgan fingerprint density at radius 2 is 1.94 bits per heavy atom. The van der Waals surface area contributed by atoms with Gasteiger partial charge in [-0.25, -0.2) is 0 Å². The van der Waals surface area contributed by atoms with Crippen LogP contribution in [0.3, 0.4) is 0 Å². The first-order valence-electron chi connectivity index (χ1n) is 4.99. The molecule has 0 bridgehead atoms. The molecule has 1 aromatic carbocycles. The second-order valence-corrected chi connectivity index (χ2v) is 5.51. The SMILES string of the molecule is CC(N)CCNC(=O)c1cc(Br)cc(Br)c1. The lowest BCUT2D eigenvalue weighted by Gasteiger charge is -2.08. The lowest BCUT2D eigenvalue weighted by atomic mass is 10.2. The van der Waals surface area contributed by atoms with E-state index in [1.165, 1.54) is 0 Å². The zero-order chi connectivity index (χ0) is 12.1. The van der Waals surface area contributed by atoms with Crippen molar-refractivity contribution in [3.05, 3.63) is 32.7 Å². The summed E-state index contributed by atoms with van der Waals surface area (Å²) in [5, 5.41) is 2.82. The van der Waals surface area contributed by atoms with Gasteiger partial charge in [0.1, 0.15) is 0 Å². The molecule has 1 rings (SSSR count). The van der Waals surface area contributed by atoms with E-state index in [1.807, 2.05) is 13.0 Å². The lowest BCUT2D eigenvalue weighted by Crippen LogP contribution is -2.28. The van der Waals surface area contributed by atoms with E-state index in [9.17, 15) is 4.79 Å². The van der Waals surface area contributed by atoms with Crippen LogP contribution in [0, 0.1) is 0 Å². The molecule has 1 unspecified atom stereocenters. The van der Waals surface area contributed by atoms with Crippen molar-refractivity contribution < 1.29 is 4.79 Å². The van der Waals surface area contributed by atoms with Gasteiger partial charge >= 0.3 is 0 Å². The molecule has 88 valence electrons. The van der Waals surface area contributed by atoms with Crippen LogP contribution in [-0.4, -0.2) is 18.5 Å². The van der Waals surface area contributed by atoms with Crippen molar-refractivity contribution in [1.82, 2.24) is 5.32 Å². The number of rotatable bonds is 4. The Kier molecular flexibility index (Phi) is 5.44. The number of benzene rings is 1. The molecular formula is C11H14Br2N2O. The lowest BCUT2D eigenvalue weighted by molar-refractivity contribution is 0.0952. The summed E-state index contributed by atoms with van der Waals surface area (Å²) >= 11 is 6.69. The Balaban J connectivity index is 2.59. The molecule has 3 nitrogen and oxygen atoms in total. The molecule has 5 heteroatoms. The Bertz CT molecular complexity index is 360. The number of carbonyl (C=O) groups excluding carboxylic acids is 1. The predicted octanol–water partition coefficient (Wildman–Crippen LogP) is 2.68. The van der Waals surface area contributed by atoms with Crippen LogP contribution in [-0.2, 0) is 0 Å². The summed E-state index contributed by atoms with van der Waals surface area (Å²) in [7, 11) is 0. The van der Waals surface area contributed by atoms with Crippen molar-refractivity contribution >= 4 is 37.8 Å². The van der Waals surface area contributed by atoms with Crippen LogP contribution >= 0.6 is 31.9 Å². The smallest absolute Gasteiger partial charge is 0.251 e. The minimum atomic E-state index is -0.0809. The van der Waals surface area contributed by atoms with E-state index in [4.69, 9.17) is 5.73 Å². The molecule has 16 heavy (non-hydrogen) atoms. The van der Waals surface area contributed by atoms with Crippen molar-refractivity contribution in [3.63, 3.8) is 0 Å². The standard InChI is InChI=1S/C11H14Br2N2O/c1-7(14)2-3-15-11(16)8-4-9(12)6-10(13)5-8/h4-7H,2-3,14H2,1H3,(H,15,16). The quantitative estimate of drug-likeness (QED) is 0.878. The highest BCUT2D eigenvalue weighted by atomic mass is 79.9. The van der Waals surface area contributed by atoms with Crippen LogP contribution in [0.1, 0.15) is 23.7 Å². The van der Waals surface area contributed by atoms with Gasteiger partial charge in [0.15, 0.2) is 0 Å². The maximum Gasteiger partial charge on any atom is 0.251 e. The van der Waals surface area contributed by atoms with Gasteiger partial charge in [-0.3, -0.25) is 4.79 Å². The van der Waals surface area contributed by atoms with Crippen LogP contribution in [0.4, 0.5) is 0 Å². The molecule has 0 spiro atoms. The van der Waals surface area contributed by atoms with Crippen LogP contribution < -0.4 is 11.1 Å². The third kappa shape index (κ3) is 4.63. The average molecular weight is 350 g/mol. The van der Waals surface area contributed by atoms with Gasteiger partial charge in [-0.2, -0.15) is 0 Å². The fraction of sp³-hybridized carbons (Fsp3) is 0.364. The summed E-state index contributed by atoms with van der Waals surface area (Å²) in [4.78, 5) is 11.7. The van der Waals surface area contributed by atoms with E-state index in [1.54, 1.807) is 12.1 Å². The number of halogens is 2. The third-order valence-corrected chi connectivity index (χ3v) is 2.93. The van der Waals surface area contributed by atoms with Crippen molar-refractivity contribution in [2.24, 2.45) is 5.73 Å². The Morgan fingerprint density at radius 3 is 2.44 bits per heavy atom. The second kappa shape index (κ2) is 6.37. The molecule has 0 fully saturated rings. The predicted molar refractivity (Wildman–Crippen MR) is 72.4 cm³/mol. The number of hydrogen-bond acceptors (Lipinski definition) is 2. The van der Waals surface area contributed by atoms with E-state index >= 15 is 0 Å². The van der Waals surface area contributed by atoms with E-state index in [0.29, 0.717) is 12.1 Å². The highest BCUT2D eigenvalue weighted by Gasteiger charge is 2.07. The number of amides is 1. The van der Waals surface area contributed by atoms with Crippen molar-refractivity contribution in [1.29, 1.82) is 0 Å². The van der Waals surface area contributed by atoms with Crippen molar-refractivity contribution in [2.45, 2.75) is 19.4 Å². The zero-order valence-corrected chi connectivity index (χ0v) is 12.1. The van der Waals surface area contributed by atoms with Gasteiger partial charge in [-0.05, 0) is 31.5 Å². The zero-order valence-electron chi connectivity index (χ0n) is 8.97. The second-order valence-electron chi connectivity index (χ2n) is 3.68. The summed E-state index contributed by atoms with van der Waals surface area (Å²) < 4.78 is 1.75. The first-order valence-corrected chi connectivity index (χ1v) is 6.57. The monoisotopic (exact) mass is 348 g/mol. The maximum absolute atomic E-state index is 11.7. The number of hydrogen-bond donors (Lipinski definition) is 2. The summed E-state index contributed by atoms with van der Waals surface area (Å²) in [6, 6.07) is 5.56. The van der Waals surface area contributed by atoms with Crippen molar-refractivity contribution in [2.75, 3.05) is 6.54 Å². The van der Waals surface area contributed by atoms with E-state index in [-0.39, 0.29) is 11.9 Å². The molecule has 1 amide bonds. The molecule has 0 aromatic heterocycles. The Morgan fingerprint density at radius 1 is 1.38 bits per heavy atom. The van der Waals surface area contributed by atoms with E-state index < -0.39 is 0 Å². The van der Waals surface area contributed by atoms with Crippen LogP contribution in [0.25, 0.3) is 0 Å². The van der Waals surface area contributed by atoms with Crippen LogP contribution in [0.15, 0.2) is 27.1 Å². The highest BCUT2D eigenvalue weighted by Crippen LogP contribution is 2.19. The first-order chi connectivity index (χ1) is 7.49.